The first-order valence-electron chi connectivity index (χ1n) is 4.66. The highest BCUT2D eigenvalue weighted by Gasteiger charge is 2.06. The standard InChI is InChI=1S/C11H9BrN2O2/c12-9-1-2-10(13-6-9)11(15)14-5-8-3-4-16-7-8/h1-4,6-7H,5H2,(H,14,15). The SMILES string of the molecule is O=C(NCc1ccoc1)c1ccc(Br)cn1. The molecule has 0 saturated carbocycles. The van der Waals surface area contributed by atoms with Crippen molar-refractivity contribution in [3.05, 3.63) is 52.7 Å². The Bertz CT molecular complexity index is 465. The third-order valence-corrected chi connectivity index (χ3v) is 2.46. The number of nitrogens with zero attached hydrogens (tertiary/aromatic N) is 1. The van der Waals surface area contributed by atoms with E-state index in [0.29, 0.717) is 12.2 Å². The number of hydrogen-bond acceptors (Lipinski definition) is 3. The molecule has 4 nitrogen and oxygen atoms in total. The quantitative estimate of drug-likeness (QED) is 0.939. The molecule has 2 rings (SSSR count). The minimum atomic E-state index is -0.200. The summed E-state index contributed by atoms with van der Waals surface area (Å²) < 4.78 is 5.74. The number of aromatic nitrogens is 1. The molecule has 16 heavy (non-hydrogen) atoms. The van der Waals surface area contributed by atoms with Crippen molar-refractivity contribution < 1.29 is 9.21 Å². The maximum absolute atomic E-state index is 11.6. The zero-order valence-corrected chi connectivity index (χ0v) is 9.90. The first-order valence-corrected chi connectivity index (χ1v) is 5.46. The van der Waals surface area contributed by atoms with Crippen molar-refractivity contribution in [2.24, 2.45) is 0 Å². The molecule has 0 fully saturated rings. The number of carbonyl (C=O) groups is 1. The Hall–Kier alpha value is -1.62. The van der Waals surface area contributed by atoms with Gasteiger partial charge in [0.1, 0.15) is 5.69 Å². The number of nitrogens with one attached hydrogen (secondary N) is 1. The minimum Gasteiger partial charge on any atom is -0.472 e. The zero-order valence-electron chi connectivity index (χ0n) is 8.31. The summed E-state index contributed by atoms with van der Waals surface area (Å²) in [7, 11) is 0. The van der Waals surface area contributed by atoms with Gasteiger partial charge in [0.05, 0.1) is 12.5 Å². The second kappa shape index (κ2) is 4.94. The summed E-state index contributed by atoms with van der Waals surface area (Å²) in [4.78, 5) is 15.6. The summed E-state index contributed by atoms with van der Waals surface area (Å²) in [5.74, 6) is -0.200. The summed E-state index contributed by atoms with van der Waals surface area (Å²) in [6, 6.07) is 5.24. The highest BCUT2D eigenvalue weighted by molar-refractivity contribution is 9.10. The molecule has 2 aromatic rings. The molecular weight excluding hydrogens is 272 g/mol. The van der Waals surface area contributed by atoms with Crippen molar-refractivity contribution >= 4 is 21.8 Å². The number of halogens is 1. The van der Waals surface area contributed by atoms with Crippen molar-refractivity contribution in [2.45, 2.75) is 6.54 Å². The van der Waals surface area contributed by atoms with Crippen LogP contribution in [-0.2, 0) is 6.54 Å². The number of amides is 1. The molecule has 0 bridgehead atoms. The predicted octanol–water partition coefficient (Wildman–Crippen LogP) is 2.37. The second-order valence-corrected chi connectivity index (χ2v) is 4.09. The Morgan fingerprint density at radius 2 is 2.31 bits per heavy atom. The average Bonchev–Trinajstić information content (AvgIpc) is 2.80. The lowest BCUT2D eigenvalue weighted by atomic mass is 10.3. The van der Waals surface area contributed by atoms with Gasteiger partial charge in [-0.2, -0.15) is 0 Å². The normalized spacial score (nSPS) is 10.1. The highest BCUT2D eigenvalue weighted by Crippen LogP contribution is 2.07. The van der Waals surface area contributed by atoms with Crippen LogP contribution in [0.2, 0.25) is 0 Å². The molecule has 5 heteroatoms. The van der Waals surface area contributed by atoms with E-state index in [2.05, 4.69) is 26.2 Å². The fraction of sp³-hybridized carbons (Fsp3) is 0.0909. The van der Waals surface area contributed by atoms with E-state index >= 15 is 0 Å². The summed E-state index contributed by atoms with van der Waals surface area (Å²) in [6.45, 7) is 0.438. The van der Waals surface area contributed by atoms with Gasteiger partial charge in [0, 0.05) is 22.8 Å². The van der Waals surface area contributed by atoms with Crippen LogP contribution in [0.3, 0.4) is 0 Å². The van der Waals surface area contributed by atoms with Gasteiger partial charge < -0.3 is 9.73 Å². The smallest absolute Gasteiger partial charge is 0.270 e. The molecular formula is C11H9BrN2O2. The fourth-order valence-electron chi connectivity index (χ4n) is 1.18. The van der Waals surface area contributed by atoms with E-state index in [0.717, 1.165) is 10.0 Å². The molecule has 0 radical (unpaired) electrons. The van der Waals surface area contributed by atoms with Gasteiger partial charge in [-0.15, -0.1) is 0 Å². The molecule has 0 spiro atoms. The first kappa shape index (κ1) is 10.9. The van der Waals surface area contributed by atoms with Crippen LogP contribution in [0.4, 0.5) is 0 Å². The van der Waals surface area contributed by atoms with Crippen molar-refractivity contribution in [3.63, 3.8) is 0 Å². The largest absolute Gasteiger partial charge is 0.472 e. The fourth-order valence-corrected chi connectivity index (χ4v) is 1.41. The van der Waals surface area contributed by atoms with Crippen molar-refractivity contribution in [1.29, 1.82) is 0 Å². The van der Waals surface area contributed by atoms with Crippen LogP contribution in [-0.4, -0.2) is 10.9 Å². The van der Waals surface area contributed by atoms with Crippen LogP contribution in [0, 0.1) is 0 Å². The monoisotopic (exact) mass is 280 g/mol. The van der Waals surface area contributed by atoms with Gasteiger partial charge in [0.2, 0.25) is 0 Å². The Kier molecular flexibility index (Phi) is 3.36. The molecule has 0 aromatic carbocycles. The van der Waals surface area contributed by atoms with Crippen LogP contribution in [0.25, 0.3) is 0 Å². The molecule has 1 N–H and O–H groups in total. The second-order valence-electron chi connectivity index (χ2n) is 3.18. The van der Waals surface area contributed by atoms with Crippen molar-refractivity contribution in [2.75, 3.05) is 0 Å². The first-order chi connectivity index (χ1) is 7.75. The lowest BCUT2D eigenvalue weighted by Gasteiger charge is -2.02. The number of pyridine rings is 1. The van der Waals surface area contributed by atoms with E-state index in [1.54, 1.807) is 36.9 Å². The van der Waals surface area contributed by atoms with Gasteiger partial charge in [-0.05, 0) is 34.1 Å². The highest BCUT2D eigenvalue weighted by atomic mass is 79.9. The molecule has 0 aliphatic rings. The minimum absolute atomic E-state index is 0.200. The average molecular weight is 281 g/mol. The van der Waals surface area contributed by atoms with Gasteiger partial charge >= 0.3 is 0 Å². The third kappa shape index (κ3) is 2.70. The molecule has 1 amide bonds. The molecule has 2 heterocycles. The lowest BCUT2D eigenvalue weighted by molar-refractivity contribution is 0.0946. The van der Waals surface area contributed by atoms with Crippen molar-refractivity contribution in [3.8, 4) is 0 Å². The molecule has 0 saturated heterocycles. The molecule has 0 unspecified atom stereocenters. The van der Waals surface area contributed by atoms with E-state index in [1.165, 1.54) is 0 Å². The van der Waals surface area contributed by atoms with Gasteiger partial charge in [-0.3, -0.25) is 4.79 Å². The zero-order chi connectivity index (χ0) is 11.4. The van der Waals surface area contributed by atoms with Crippen LogP contribution < -0.4 is 5.32 Å². The van der Waals surface area contributed by atoms with E-state index in [1.807, 2.05) is 0 Å². The Morgan fingerprint density at radius 3 is 2.94 bits per heavy atom. The number of carbonyl (C=O) groups excluding carboxylic acids is 1. The molecule has 2 aromatic heterocycles. The van der Waals surface area contributed by atoms with Gasteiger partial charge in [0.15, 0.2) is 0 Å². The van der Waals surface area contributed by atoms with E-state index in [9.17, 15) is 4.79 Å². The lowest BCUT2D eigenvalue weighted by Crippen LogP contribution is -2.23. The van der Waals surface area contributed by atoms with E-state index < -0.39 is 0 Å². The van der Waals surface area contributed by atoms with Crippen molar-refractivity contribution in [1.82, 2.24) is 10.3 Å². The molecule has 0 atom stereocenters. The number of rotatable bonds is 3. The molecule has 82 valence electrons. The van der Waals surface area contributed by atoms with Gasteiger partial charge in [-0.25, -0.2) is 4.98 Å². The van der Waals surface area contributed by atoms with E-state index in [-0.39, 0.29) is 5.91 Å². The van der Waals surface area contributed by atoms with Crippen LogP contribution in [0.15, 0.2) is 45.8 Å². The number of hydrogen-bond donors (Lipinski definition) is 1. The maximum atomic E-state index is 11.6. The Labute approximate surface area is 101 Å². The molecule has 0 aliphatic carbocycles. The summed E-state index contributed by atoms with van der Waals surface area (Å²) in [5, 5.41) is 2.74. The third-order valence-electron chi connectivity index (χ3n) is 1.99. The van der Waals surface area contributed by atoms with Crippen LogP contribution in [0.5, 0.6) is 0 Å². The van der Waals surface area contributed by atoms with E-state index in [4.69, 9.17) is 4.42 Å². The maximum Gasteiger partial charge on any atom is 0.270 e. The number of furan rings is 1. The summed E-state index contributed by atoms with van der Waals surface area (Å²) in [5.41, 5.74) is 1.32. The predicted molar refractivity (Wildman–Crippen MR) is 61.8 cm³/mol. The Balaban J connectivity index is 1.95. The van der Waals surface area contributed by atoms with Gasteiger partial charge in [0.25, 0.3) is 5.91 Å². The Morgan fingerprint density at radius 1 is 1.44 bits per heavy atom. The molecule has 0 aliphatic heterocycles. The topological polar surface area (TPSA) is 55.1 Å². The summed E-state index contributed by atoms with van der Waals surface area (Å²) in [6.07, 6.45) is 4.75. The van der Waals surface area contributed by atoms with Gasteiger partial charge in [-0.1, -0.05) is 0 Å². The summed E-state index contributed by atoms with van der Waals surface area (Å²) >= 11 is 3.26. The van der Waals surface area contributed by atoms with Crippen LogP contribution in [0.1, 0.15) is 16.1 Å². The van der Waals surface area contributed by atoms with Crippen LogP contribution >= 0.6 is 15.9 Å².